The van der Waals surface area contributed by atoms with Gasteiger partial charge >= 0.3 is 0 Å². The molecule has 5 rings (SSSR count). The highest BCUT2D eigenvalue weighted by molar-refractivity contribution is 7.90. The van der Waals surface area contributed by atoms with Gasteiger partial charge in [-0.15, -0.1) is 0 Å². The number of sulfone groups is 1. The van der Waals surface area contributed by atoms with Gasteiger partial charge in [-0.2, -0.15) is 20.3 Å². The van der Waals surface area contributed by atoms with Crippen molar-refractivity contribution in [3.63, 3.8) is 0 Å². The third-order valence-corrected chi connectivity index (χ3v) is 7.67. The summed E-state index contributed by atoms with van der Waals surface area (Å²) in [6.07, 6.45) is 4.25. The Morgan fingerprint density at radius 1 is 1.19 bits per heavy atom. The van der Waals surface area contributed by atoms with E-state index in [1.807, 2.05) is 11.8 Å². The zero-order valence-corrected chi connectivity index (χ0v) is 21.4. The minimum atomic E-state index is -3.82. The number of nitrogens with one attached hydrogen (secondary N) is 2. The summed E-state index contributed by atoms with van der Waals surface area (Å²) in [5.74, 6) is -0.446. The van der Waals surface area contributed by atoms with Crippen molar-refractivity contribution >= 4 is 38.9 Å². The van der Waals surface area contributed by atoms with Crippen LogP contribution in [0.15, 0.2) is 23.1 Å². The molecule has 0 amide bonds. The van der Waals surface area contributed by atoms with Crippen LogP contribution in [-0.2, 0) is 9.84 Å². The van der Waals surface area contributed by atoms with Crippen molar-refractivity contribution in [1.82, 2.24) is 20.2 Å². The first-order valence-electron chi connectivity index (χ1n) is 11.9. The fourth-order valence-corrected chi connectivity index (χ4v) is 5.23. The molecule has 10 nitrogen and oxygen atoms in total. The van der Waals surface area contributed by atoms with Crippen LogP contribution in [0.25, 0.3) is 0 Å². The molecule has 2 N–H and O–H groups in total. The molecule has 2 aliphatic rings. The van der Waals surface area contributed by atoms with Crippen LogP contribution in [0.1, 0.15) is 42.9 Å². The molecule has 1 saturated carbocycles. The standard InChI is InChI=1S/C24H26F2N8O2S/c1-13-9-19(32-31-13)28-22-20(14-6-7-14)23(34-8-4-5-15(34)12-27)30-24(29-22)33(2)21-17(25)10-16(11-18(21)26)37(3,35)36/h9-11,14-15H,4-8H2,1-3H3,(H2,28,29,30,31,32)/t15-/m1/s1. The molecule has 0 spiro atoms. The first-order valence-corrected chi connectivity index (χ1v) is 13.8. The fourth-order valence-electron chi connectivity index (χ4n) is 4.59. The molecule has 3 aromatic rings. The lowest BCUT2D eigenvalue weighted by Crippen LogP contribution is -2.31. The normalized spacial score (nSPS) is 17.6. The number of anilines is 5. The van der Waals surface area contributed by atoms with Crippen molar-refractivity contribution in [3.8, 4) is 6.07 Å². The SMILES string of the molecule is Cc1cc(Nc2nc(N(C)c3c(F)cc(S(C)(=O)=O)cc3F)nc(N3CCC[C@@H]3C#N)c2C2CC2)n[nH]1. The molecule has 1 aliphatic carbocycles. The number of nitriles is 1. The molecule has 0 unspecified atom stereocenters. The second-order valence-electron chi connectivity index (χ2n) is 9.49. The molecule has 0 bridgehead atoms. The average molecular weight is 529 g/mol. The van der Waals surface area contributed by atoms with Gasteiger partial charge < -0.3 is 15.1 Å². The highest BCUT2D eigenvalue weighted by Gasteiger charge is 2.37. The molecule has 3 heterocycles. The summed E-state index contributed by atoms with van der Waals surface area (Å²) >= 11 is 0. The van der Waals surface area contributed by atoms with Crippen molar-refractivity contribution in [2.24, 2.45) is 0 Å². The van der Waals surface area contributed by atoms with Crippen molar-refractivity contribution < 1.29 is 17.2 Å². The van der Waals surface area contributed by atoms with Gasteiger partial charge in [-0.05, 0) is 50.7 Å². The summed E-state index contributed by atoms with van der Waals surface area (Å²) in [5, 5.41) is 20.1. The van der Waals surface area contributed by atoms with Crippen LogP contribution < -0.4 is 15.1 Å². The Morgan fingerprint density at radius 3 is 2.46 bits per heavy atom. The van der Waals surface area contributed by atoms with Crippen LogP contribution in [-0.4, -0.2) is 54.5 Å². The molecule has 0 radical (unpaired) electrons. The summed E-state index contributed by atoms with van der Waals surface area (Å²) < 4.78 is 53.8. The molecular formula is C24H26F2N8O2S. The number of aromatic amines is 1. The van der Waals surface area contributed by atoms with E-state index < -0.39 is 32.1 Å². The molecule has 1 saturated heterocycles. The summed E-state index contributed by atoms with van der Waals surface area (Å²) in [7, 11) is -2.41. The minimum absolute atomic E-state index is 0.0114. The number of H-pyrrole nitrogens is 1. The Labute approximate surface area is 213 Å². The monoisotopic (exact) mass is 528 g/mol. The van der Waals surface area contributed by atoms with E-state index in [1.54, 1.807) is 6.07 Å². The topological polar surface area (TPSA) is 131 Å². The van der Waals surface area contributed by atoms with Gasteiger partial charge in [0.05, 0.1) is 11.0 Å². The number of hydrogen-bond acceptors (Lipinski definition) is 9. The first-order chi connectivity index (χ1) is 17.6. The maximum Gasteiger partial charge on any atom is 0.233 e. The number of aromatic nitrogens is 4. The van der Waals surface area contributed by atoms with E-state index in [-0.39, 0.29) is 17.9 Å². The molecular weight excluding hydrogens is 502 g/mol. The van der Waals surface area contributed by atoms with Crippen molar-refractivity contribution in [3.05, 3.63) is 41.1 Å². The lowest BCUT2D eigenvalue weighted by Gasteiger charge is -2.27. The highest BCUT2D eigenvalue weighted by Crippen LogP contribution is 2.49. The van der Waals surface area contributed by atoms with Crippen LogP contribution in [0.2, 0.25) is 0 Å². The van der Waals surface area contributed by atoms with Crippen LogP contribution in [0, 0.1) is 29.9 Å². The molecule has 1 aliphatic heterocycles. The lowest BCUT2D eigenvalue weighted by molar-refractivity contribution is 0.568. The molecule has 194 valence electrons. The predicted molar refractivity (Wildman–Crippen MR) is 134 cm³/mol. The molecule has 37 heavy (non-hydrogen) atoms. The van der Waals surface area contributed by atoms with E-state index in [0.29, 0.717) is 30.4 Å². The Morgan fingerprint density at radius 2 is 1.89 bits per heavy atom. The second kappa shape index (κ2) is 9.26. The van der Waals surface area contributed by atoms with E-state index in [9.17, 15) is 13.7 Å². The third kappa shape index (κ3) is 4.81. The maximum atomic E-state index is 15.1. The summed E-state index contributed by atoms with van der Waals surface area (Å²) in [6.45, 7) is 2.48. The van der Waals surface area contributed by atoms with Gasteiger partial charge in [0.1, 0.15) is 23.4 Å². The van der Waals surface area contributed by atoms with Gasteiger partial charge in [-0.1, -0.05) is 0 Å². The van der Waals surface area contributed by atoms with E-state index in [4.69, 9.17) is 4.98 Å². The number of halogens is 2. The zero-order valence-electron chi connectivity index (χ0n) is 20.6. The highest BCUT2D eigenvalue weighted by atomic mass is 32.2. The Bertz CT molecular complexity index is 1490. The Hall–Kier alpha value is -3.79. The Balaban J connectivity index is 1.66. The van der Waals surface area contributed by atoms with Crippen LogP contribution in [0.4, 0.5) is 37.9 Å². The number of benzene rings is 1. The van der Waals surface area contributed by atoms with Crippen LogP contribution in [0.3, 0.4) is 0 Å². The lowest BCUT2D eigenvalue weighted by atomic mass is 10.1. The van der Waals surface area contributed by atoms with Crippen LogP contribution in [0.5, 0.6) is 0 Å². The van der Waals surface area contributed by atoms with Gasteiger partial charge in [0, 0.05) is 37.2 Å². The molecule has 1 aromatic carbocycles. The predicted octanol–water partition coefficient (Wildman–Crippen LogP) is 4.07. The van der Waals surface area contributed by atoms with E-state index in [2.05, 4.69) is 26.6 Å². The molecule has 13 heteroatoms. The van der Waals surface area contributed by atoms with E-state index >= 15 is 8.78 Å². The largest absolute Gasteiger partial charge is 0.340 e. The van der Waals surface area contributed by atoms with E-state index in [0.717, 1.165) is 53.8 Å². The number of hydrogen-bond donors (Lipinski definition) is 2. The maximum absolute atomic E-state index is 15.1. The van der Waals surface area contributed by atoms with Gasteiger partial charge in [0.15, 0.2) is 27.3 Å². The summed E-state index contributed by atoms with van der Waals surface area (Å²) in [6, 6.07) is 5.31. The van der Waals surface area contributed by atoms with Gasteiger partial charge in [-0.3, -0.25) is 5.10 Å². The number of nitrogens with zero attached hydrogens (tertiary/aromatic N) is 6. The van der Waals surface area contributed by atoms with Gasteiger partial charge in [0.25, 0.3) is 0 Å². The van der Waals surface area contributed by atoms with Gasteiger partial charge in [-0.25, -0.2) is 17.2 Å². The Kier molecular flexibility index (Phi) is 6.23. The van der Waals surface area contributed by atoms with Crippen LogP contribution >= 0.6 is 0 Å². The zero-order chi connectivity index (χ0) is 26.5. The quantitative estimate of drug-likeness (QED) is 0.466. The van der Waals surface area contributed by atoms with Gasteiger partial charge in [0.2, 0.25) is 5.95 Å². The third-order valence-electron chi connectivity index (χ3n) is 6.58. The molecule has 2 fully saturated rings. The molecule has 2 aromatic heterocycles. The smallest absolute Gasteiger partial charge is 0.233 e. The second-order valence-corrected chi connectivity index (χ2v) is 11.5. The van der Waals surface area contributed by atoms with Crippen molar-refractivity contribution in [1.29, 1.82) is 5.26 Å². The first kappa shape index (κ1) is 24.9. The molecule has 1 atom stereocenters. The fraction of sp³-hybridized carbons (Fsp3) is 0.417. The van der Waals surface area contributed by atoms with E-state index in [1.165, 1.54) is 7.05 Å². The summed E-state index contributed by atoms with van der Waals surface area (Å²) in [4.78, 5) is 12.0. The van der Waals surface area contributed by atoms with Crippen molar-refractivity contribution in [2.75, 3.05) is 35.0 Å². The average Bonchev–Trinajstić information content (AvgIpc) is 3.41. The minimum Gasteiger partial charge on any atom is -0.340 e. The summed E-state index contributed by atoms with van der Waals surface area (Å²) in [5.41, 5.74) is 1.19. The number of rotatable bonds is 7. The number of aryl methyl sites for hydroxylation is 1. The van der Waals surface area contributed by atoms with Crippen molar-refractivity contribution in [2.45, 2.75) is 49.5 Å².